The highest BCUT2D eigenvalue weighted by Crippen LogP contribution is 2.08. The van der Waals surface area contributed by atoms with Gasteiger partial charge in [-0.15, -0.1) is 0 Å². The molecule has 0 aliphatic heterocycles. The van der Waals surface area contributed by atoms with Gasteiger partial charge in [0.2, 0.25) is 5.91 Å². The van der Waals surface area contributed by atoms with Crippen LogP contribution in [0.1, 0.15) is 22.4 Å². The summed E-state index contributed by atoms with van der Waals surface area (Å²) in [4.78, 5) is 33.4. The Balaban J connectivity index is 1.60. The van der Waals surface area contributed by atoms with Crippen molar-refractivity contribution in [1.82, 2.24) is 19.9 Å². The first kappa shape index (κ1) is 21.0. The number of amides is 1. The predicted octanol–water partition coefficient (Wildman–Crippen LogP) is 1.81. The lowest BCUT2D eigenvalue weighted by atomic mass is 10.1. The van der Waals surface area contributed by atoms with Crippen LogP contribution in [-0.2, 0) is 24.3 Å². The van der Waals surface area contributed by atoms with Crippen molar-refractivity contribution in [3.63, 3.8) is 0 Å². The molecule has 1 aromatic carbocycles. The molecule has 4 N–H and O–H groups in total. The van der Waals surface area contributed by atoms with Crippen LogP contribution in [0, 0.1) is 13.8 Å². The third-order valence-electron chi connectivity index (χ3n) is 4.77. The third kappa shape index (κ3) is 5.44. The largest absolute Gasteiger partial charge is 0.383 e. The number of nitrogen functional groups attached to an aromatic ring is 1. The summed E-state index contributed by atoms with van der Waals surface area (Å²) < 4.78 is 1.42. The number of anilines is 2. The Kier molecular flexibility index (Phi) is 6.79. The number of nitrogens with zero attached hydrogens (tertiary/aromatic N) is 3. The minimum absolute atomic E-state index is 0.0814. The number of aryl methyl sites for hydroxylation is 2. The standard InChI is InChI=1S/C22H26N6O2/c1-15-10-18(13-26-20(15)23)12-25-19(29)14-28-16(2)11-27-21(22(28)30)24-9-8-17-6-4-3-5-7-17/h3-7,10-11,13H,8-9,12,14H2,1-2H3,(H2,23,26)(H,24,27)(H,25,29). The van der Waals surface area contributed by atoms with E-state index >= 15 is 0 Å². The number of benzene rings is 1. The molecule has 1 amide bonds. The second-order valence-electron chi connectivity index (χ2n) is 7.12. The van der Waals surface area contributed by atoms with Crippen LogP contribution in [0.3, 0.4) is 0 Å². The first-order valence-corrected chi connectivity index (χ1v) is 9.76. The molecule has 2 heterocycles. The van der Waals surface area contributed by atoms with Crippen LogP contribution in [0.4, 0.5) is 11.6 Å². The second-order valence-corrected chi connectivity index (χ2v) is 7.12. The number of aromatic nitrogens is 3. The summed E-state index contributed by atoms with van der Waals surface area (Å²) in [6, 6.07) is 11.9. The fraction of sp³-hybridized carbons (Fsp3) is 0.273. The highest BCUT2D eigenvalue weighted by Gasteiger charge is 2.11. The van der Waals surface area contributed by atoms with E-state index < -0.39 is 0 Å². The maximum absolute atomic E-state index is 12.8. The Morgan fingerprint density at radius 2 is 1.87 bits per heavy atom. The first-order valence-electron chi connectivity index (χ1n) is 9.76. The van der Waals surface area contributed by atoms with Gasteiger partial charge in [-0.1, -0.05) is 30.3 Å². The average molecular weight is 406 g/mol. The van der Waals surface area contributed by atoms with Gasteiger partial charge in [-0.05, 0) is 43.0 Å². The van der Waals surface area contributed by atoms with Gasteiger partial charge in [0.25, 0.3) is 5.56 Å². The molecule has 0 saturated carbocycles. The summed E-state index contributed by atoms with van der Waals surface area (Å²) in [5.74, 6) is 0.440. The molecule has 0 bridgehead atoms. The van der Waals surface area contributed by atoms with Crippen LogP contribution < -0.4 is 21.9 Å². The summed E-state index contributed by atoms with van der Waals surface area (Å²) >= 11 is 0. The van der Waals surface area contributed by atoms with E-state index in [4.69, 9.17) is 5.73 Å². The van der Waals surface area contributed by atoms with Gasteiger partial charge in [-0.3, -0.25) is 14.2 Å². The van der Waals surface area contributed by atoms with E-state index in [1.165, 1.54) is 10.1 Å². The Labute approximate surface area is 175 Å². The normalized spacial score (nSPS) is 10.6. The van der Waals surface area contributed by atoms with E-state index in [1.54, 1.807) is 19.3 Å². The molecule has 0 atom stereocenters. The van der Waals surface area contributed by atoms with Gasteiger partial charge in [-0.2, -0.15) is 0 Å². The second kappa shape index (κ2) is 9.69. The van der Waals surface area contributed by atoms with E-state index in [2.05, 4.69) is 20.6 Å². The van der Waals surface area contributed by atoms with Crippen molar-refractivity contribution in [3.05, 3.63) is 81.5 Å². The van der Waals surface area contributed by atoms with E-state index in [0.717, 1.165) is 17.5 Å². The zero-order chi connectivity index (χ0) is 21.5. The van der Waals surface area contributed by atoms with Crippen molar-refractivity contribution in [2.24, 2.45) is 0 Å². The number of nitrogens with one attached hydrogen (secondary N) is 2. The SMILES string of the molecule is Cc1cc(CNC(=O)Cn2c(C)cnc(NCCc3ccccc3)c2=O)cnc1N. The number of rotatable bonds is 8. The fourth-order valence-electron chi connectivity index (χ4n) is 3.00. The van der Waals surface area contributed by atoms with E-state index in [9.17, 15) is 9.59 Å². The molecule has 8 heteroatoms. The molecular formula is C22H26N6O2. The Morgan fingerprint density at radius 1 is 1.10 bits per heavy atom. The third-order valence-corrected chi connectivity index (χ3v) is 4.77. The molecule has 0 saturated heterocycles. The molecule has 30 heavy (non-hydrogen) atoms. The number of carbonyl (C=O) groups excluding carboxylic acids is 1. The van der Waals surface area contributed by atoms with E-state index in [0.29, 0.717) is 24.6 Å². The first-order chi connectivity index (χ1) is 14.4. The van der Waals surface area contributed by atoms with Crippen molar-refractivity contribution >= 4 is 17.5 Å². The number of carbonyl (C=O) groups is 1. The van der Waals surface area contributed by atoms with Gasteiger partial charge in [0.05, 0.1) is 0 Å². The van der Waals surface area contributed by atoms with Crippen LogP contribution in [0.2, 0.25) is 0 Å². The molecule has 3 rings (SSSR count). The lowest BCUT2D eigenvalue weighted by Gasteiger charge is -2.13. The maximum Gasteiger partial charge on any atom is 0.293 e. The average Bonchev–Trinajstić information content (AvgIpc) is 2.74. The molecule has 0 spiro atoms. The van der Waals surface area contributed by atoms with Gasteiger partial charge in [0.1, 0.15) is 12.4 Å². The van der Waals surface area contributed by atoms with Crippen LogP contribution in [0.5, 0.6) is 0 Å². The topological polar surface area (TPSA) is 115 Å². The van der Waals surface area contributed by atoms with E-state index in [1.807, 2.05) is 43.3 Å². The summed E-state index contributed by atoms with van der Waals surface area (Å²) in [5.41, 5.74) is 8.89. The summed E-state index contributed by atoms with van der Waals surface area (Å²) in [5, 5.41) is 5.89. The van der Waals surface area contributed by atoms with Crippen molar-refractivity contribution in [3.8, 4) is 0 Å². The molecule has 0 aliphatic rings. The summed E-state index contributed by atoms with van der Waals surface area (Å²) in [7, 11) is 0. The smallest absolute Gasteiger partial charge is 0.293 e. The fourth-order valence-corrected chi connectivity index (χ4v) is 3.00. The van der Waals surface area contributed by atoms with Gasteiger partial charge in [0.15, 0.2) is 5.82 Å². The minimum atomic E-state index is -0.316. The van der Waals surface area contributed by atoms with Gasteiger partial charge in [-0.25, -0.2) is 9.97 Å². The van der Waals surface area contributed by atoms with Crippen molar-refractivity contribution < 1.29 is 4.79 Å². The number of hydrogen-bond donors (Lipinski definition) is 3. The molecule has 0 radical (unpaired) electrons. The highest BCUT2D eigenvalue weighted by atomic mass is 16.2. The lowest BCUT2D eigenvalue weighted by Crippen LogP contribution is -2.34. The van der Waals surface area contributed by atoms with Crippen molar-refractivity contribution in [2.45, 2.75) is 33.4 Å². The Morgan fingerprint density at radius 3 is 2.60 bits per heavy atom. The molecule has 2 aromatic heterocycles. The zero-order valence-corrected chi connectivity index (χ0v) is 17.2. The zero-order valence-electron chi connectivity index (χ0n) is 17.2. The minimum Gasteiger partial charge on any atom is -0.383 e. The quantitative estimate of drug-likeness (QED) is 0.526. The molecule has 0 unspecified atom stereocenters. The number of nitrogens with two attached hydrogens (primary N) is 1. The molecular weight excluding hydrogens is 380 g/mol. The highest BCUT2D eigenvalue weighted by molar-refractivity contribution is 5.75. The Hall–Kier alpha value is -3.68. The molecule has 0 aliphatic carbocycles. The maximum atomic E-state index is 12.8. The summed E-state index contributed by atoms with van der Waals surface area (Å²) in [6.07, 6.45) is 3.99. The van der Waals surface area contributed by atoms with Crippen LogP contribution in [0.25, 0.3) is 0 Å². The van der Waals surface area contributed by atoms with Gasteiger partial charge >= 0.3 is 0 Å². The molecule has 0 fully saturated rings. The van der Waals surface area contributed by atoms with E-state index in [-0.39, 0.29) is 23.8 Å². The monoisotopic (exact) mass is 406 g/mol. The predicted molar refractivity (Wildman–Crippen MR) is 117 cm³/mol. The molecule has 8 nitrogen and oxygen atoms in total. The Bertz CT molecular complexity index is 1080. The van der Waals surface area contributed by atoms with Crippen LogP contribution in [0.15, 0.2) is 53.6 Å². The van der Waals surface area contributed by atoms with Crippen molar-refractivity contribution in [2.75, 3.05) is 17.6 Å². The van der Waals surface area contributed by atoms with Gasteiger partial charge in [0, 0.05) is 31.2 Å². The van der Waals surface area contributed by atoms with Crippen LogP contribution >= 0.6 is 0 Å². The molecule has 3 aromatic rings. The van der Waals surface area contributed by atoms with Gasteiger partial charge < -0.3 is 16.4 Å². The molecule has 156 valence electrons. The number of hydrogen-bond acceptors (Lipinski definition) is 6. The lowest BCUT2D eigenvalue weighted by molar-refractivity contribution is -0.121. The van der Waals surface area contributed by atoms with Crippen LogP contribution in [-0.4, -0.2) is 27.0 Å². The summed E-state index contributed by atoms with van der Waals surface area (Å²) in [6.45, 7) is 4.42. The van der Waals surface area contributed by atoms with Crippen molar-refractivity contribution in [1.29, 1.82) is 0 Å². The number of pyridine rings is 1.